The molecule has 3 nitrogen and oxygen atoms in total. The SMILES string of the molecule is CC(C)(C)[C@@H](O)c1cncnc1. The van der Waals surface area contributed by atoms with Crippen LogP contribution in [-0.4, -0.2) is 15.1 Å². The van der Waals surface area contributed by atoms with Crippen LogP contribution in [0.15, 0.2) is 18.7 Å². The van der Waals surface area contributed by atoms with Crippen molar-refractivity contribution in [3.05, 3.63) is 24.3 Å². The number of aliphatic hydroxyl groups is 1. The number of aromatic nitrogens is 2. The summed E-state index contributed by atoms with van der Waals surface area (Å²) in [5, 5.41) is 9.78. The van der Waals surface area contributed by atoms with Gasteiger partial charge in [0.25, 0.3) is 0 Å². The summed E-state index contributed by atoms with van der Waals surface area (Å²) in [6.45, 7) is 5.93. The molecule has 0 aliphatic carbocycles. The fourth-order valence-electron chi connectivity index (χ4n) is 0.952. The molecular weight excluding hydrogens is 152 g/mol. The zero-order valence-corrected chi connectivity index (χ0v) is 7.65. The van der Waals surface area contributed by atoms with Crippen LogP contribution in [0.4, 0.5) is 0 Å². The first-order valence-electron chi connectivity index (χ1n) is 3.95. The molecule has 0 fully saturated rings. The quantitative estimate of drug-likeness (QED) is 0.688. The Balaban J connectivity index is 2.86. The van der Waals surface area contributed by atoms with Crippen molar-refractivity contribution in [2.45, 2.75) is 26.9 Å². The third kappa shape index (κ3) is 2.01. The number of rotatable bonds is 1. The van der Waals surface area contributed by atoms with E-state index in [1.54, 1.807) is 12.4 Å². The summed E-state index contributed by atoms with van der Waals surface area (Å²) in [6, 6.07) is 0. The molecule has 0 unspecified atom stereocenters. The Morgan fingerprint density at radius 2 is 1.75 bits per heavy atom. The van der Waals surface area contributed by atoms with Crippen LogP contribution in [0, 0.1) is 5.41 Å². The van der Waals surface area contributed by atoms with Crippen molar-refractivity contribution in [3.63, 3.8) is 0 Å². The molecule has 1 aromatic heterocycles. The average molecular weight is 166 g/mol. The van der Waals surface area contributed by atoms with Crippen molar-refractivity contribution in [3.8, 4) is 0 Å². The number of hydrogen-bond acceptors (Lipinski definition) is 3. The lowest BCUT2D eigenvalue weighted by Crippen LogP contribution is -2.18. The van der Waals surface area contributed by atoms with E-state index in [0.717, 1.165) is 5.56 Å². The molecule has 1 atom stereocenters. The van der Waals surface area contributed by atoms with Gasteiger partial charge in [-0.25, -0.2) is 9.97 Å². The van der Waals surface area contributed by atoms with E-state index in [1.165, 1.54) is 6.33 Å². The Morgan fingerprint density at radius 3 is 2.17 bits per heavy atom. The fraction of sp³-hybridized carbons (Fsp3) is 0.556. The summed E-state index contributed by atoms with van der Waals surface area (Å²) in [6.07, 6.45) is 4.24. The lowest BCUT2D eigenvalue weighted by atomic mass is 9.86. The van der Waals surface area contributed by atoms with Gasteiger partial charge in [-0.3, -0.25) is 0 Å². The zero-order valence-electron chi connectivity index (χ0n) is 7.65. The third-order valence-corrected chi connectivity index (χ3v) is 1.72. The molecule has 66 valence electrons. The number of hydrogen-bond donors (Lipinski definition) is 1. The Kier molecular flexibility index (Phi) is 2.43. The molecule has 12 heavy (non-hydrogen) atoms. The summed E-state index contributed by atoms with van der Waals surface area (Å²) in [5.74, 6) is 0. The Labute approximate surface area is 72.5 Å². The third-order valence-electron chi connectivity index (χ3n) is 1.72. The van der Waals surface area contributed by atoms with E-state index in [-0.39, 0.29) is 5.41 Å². The maximum absolute atomic E-state index is 9.78. The van der Waals surface area contributed by atoms with Crippen LogP contribution < -0.4 is 0 Å². The standard InChI is InChI=1S/C9H14N2O/c1-9(2,3)8(12)7-4-10-6-11-5-7/h4-6,8,12H,1-3H3/t8-/m0/s1. The average Bonchev–Trinajstić information content (AvgIpc) is 2.03. The van der Waals surface area contributed by atoms with E-state index in [9.17, 15) is 5.11 Å². The highest BCUT2D eigenvalue weighted by Crippen LogP contribution is 2.31. The van der Waals surface area contributed by atoms with Crippen LogP contribution in [-0.2, 0) is 0 Å². The minimum atomic E-state index is -0.501. The van der Waals surface area contributed by atoms with Gasteiger partial charge in [-0.05, 0) is 5.41 Å². The second-order valence-corrected chi connectivity index (χ2v) is 3.94. The van der Waals surface area contributed by atoms with Crippen molar-refractivity contribution >= 4 is 0 Å². The van der Waals surface area contributed by atoms with Crippen LogP contribution in [0.5, 0.6) is 0 Å². The van der Waals surface area contributed by atoms with Gasteiger partial charge in [-0.15, -0.1) is 0 Å². The molecule has 0 aliphatic rings. The maximum Gasteiger partial charge on any atom is 0.115 e. The molecule has 0 saturated heterocycles. The molecule has 0 saturated carbocycles. The van der Waals surface area contributed by atoms with Gasteiger partial charge in [-0.2, -0.15) is 0 Å². The summed E-state index contributed by atoms with van der Waals surface area (Å²) in [5.41, 5.74) is 0.607. The first-order valence-corrected chi connectivity index (χ1v) is 3.95. The first-order chi connectivity index (χ1) is 5.52. The molecule has 1 rings (SSSR count). The zero-order chi connectivity index (χ0) is 9.19. The van der Waals surface area contributed by atoms with Crippen LogP contribution in [0.25, 0.3) is 0 Å². The minimum Gasteiger partial charge on any atom is -0.388 e. The van der Waals surface area contributed by atoms with Crippen molar-refractivity contribution in [1.82, 2.24) is 9.97 Å². The highest BCUT2D eigenvalue weighted by Gasteiger charge is 2.23. The smallest absolute Gasteiger partial charge is 0.115 e. The molecule has 0 radical (unpaired) electrons. The molecule has 0 spiro atoms. The van der Waals surface area contributed by atoms with Crippen molar-refractivity contribution < 1.29 is 5.11 Å². The summed E-state index contributed by atoms with van der Waals surface area (Å²) in [7, 11) is 0. The van der Waals surface area contributed by atoms with Crippen LogP contribution in [0.3, 0.4) is 0 Å². The molecule has 0 amide bonds. The Hall–Kier alpha value is -0.960. The second kappa shape index (κ2) is 3.19. The first kappa shape index (κ1) is 9.13. The highest BCUT2D eigenvalue weighted by molar-refractivity contribution is 5.09. The fourth-order valence-corrected chi connectivity index (χ4v) is 0.952. The molecule has 0 aliphatic heterocycles. The lowest BCUT2D eigenvalue weighted by molar-refractivity contribution is 0.0620. The molecule has 0 aromatic carbocycles. The van der Waals surface area contributed by atoms with Gasteiger partial charge in [0.1, 0.15) is 6.33 Å². The lowest BCUT2D eigenvalue weighted by Gasteiger charge is -2.25. The van der Waals surface area contributed by atoms with Crippen LogP contribution >= 0.6 is 0 Å². The predicted octanol–water partition coefficient (Wildman–Crippen LogP) is 1.56. The Bertz CT molecular complexity index is 240. The topological polar surface area (TPSA) is 46.0 Å². The minimum absolute atomic E-state index is 0.162. The van der Waals surface area contributed by atoms with E-state index in [2.05, 4.69) is 9.97 Å². The predicted molar refractivity (Wildman–Crippen MR) is 46.4 cm³/mol. The van der Waals surface area contributed by atoms with Gasteiger partial charge in [0.05, 0.1) is 6.10 Å². The van der Waals surface area contributed by atoms with Crippen LogP contribution in [0.1, 0.15) is 32.4 Å². The molecule has 1 N–H and O–H groups in total. The molecule has 1 aromatic rings. The summed E-state index contributed by atoms with van der Waals surface area (Å²) >= 11 is 0. The van der Waals surface area contributed by atoms with Gasteiger partial charge >= 0.3 is 0 Å². The number of aliphatic hydroxyl groups excluding tert-OH is 1. The molecule has 0 bridgehead atoms. The Morgan fingerprint density at radius 1 is 1.25 bits per heavy atom. The van der Waals surface area contributed by atoms with Gasteiger partial charge in [-0.1, -0.05) is 20.8 Å². The van der Waals surface area contributed by atoms with Gasteiger partial charge in [0.15, 0.2) is 0 Å². The maximum atomic E-state index is 9.78. The monoisotopic (exact) mass is 166 g/mol. The van der Waals surface area contributed by atoms with E-state index >= 15 is 0 Å². The van der Waals surface area contributed by atoms with Gasteiger partial charge in [0.2, 0.25) is 0 Å². The second-order valence-electron chi connectivity index (χ2n) is 3.94. The van der Waals surface area contributed by atoms with Crippen molar-refractivity contribution in [1.29, 1.82) is 0 Å². The van der Waals surface area contributed by atoms with Crippen molar-refractivity contribution in [2.24, 2.45) is 5.41 Å². The van der Waals surface area contributed by atoms with E-state index in [4.69, 9.17) is 0 Å². The largest absolute Gasteiger partial charge is 0.388 e. The van der Waals surface area contributed by atoms with E-state index in [1.807, 2.05) is 20.8 Å². The number of nitrogens with zero attached hydrogens (tertiary/aromatic N) is 2. The normalized spacial score (nSPS) is 14.3. The van der Waals surface area contributed by atoms with Crippen LogP contribution in [0.2, 0.25) is 0 Å². The summed E-state index contributed by atoms with van der Waals surface area (Å²) in [4.78, 5) is 7.70. The molecular formula is C9H14N2O. The molecule has 3 heteroatoms. The van der Waals surface area contributed by atoms with Gasteiger partial charge < -0.3 is 5.11 Å². The van der Waals surface area contributed by atoms with Gasteiger partial charge in [0, 0.05) is 18.0 Å². The molecule has 1 heterocycles. The van der Waals surface area contributed by atoms with E-state index < -0.39 is 6.10 Å². The van der Waals surface area contributed by atoms with Crippen molar-refractivity contribution in [2.75, 3.05) is 0 Å². The highest BCUT2D eigenvalue weighted by atomic mass is 16.3. The van der Waals surface area contributed by atoms with E-state index in [0.29, 0.717) is 0 Å². The summed E-state index contributed by atoms with van der Waals surface area (Å²) < 4.78 is 0.